The summed E-state index contributed by atoms with van der Waals surface area (Å²) in [6.07, 6.45) is 1.25. The molecule has 3 rings (SSSR count). The van der Waals surface area contributed by atoms with Gasteiger partial charge in [0.15, 0.2) is 0 Å². The summed E-state index contributed by atoms with van der Waals surface area (Å²) in [5, 5.41) is 2.92. The lowest BCUT2D eigenvalue weighted by molar-refractivity contribution is -0.121. The van der Waals surface area contributed by atoms with E-state index in [-0.39, 0.29) is 17.7 Å². The van der Waals surface area contributed by atoms with Gasteiger partial charge in [0.05, 0.1) is 12.0 Å². The van der Waals surface area contributed by atoms with Crippen molar-refractivity contribution < 1.29 is 19.1 Å². The van der Waals surface area contributed by atoms with Gasteiger partial charge in [-0.15, -0.1) is 11.3 Å². The van der Waals surface area contributed by atoms with Gasteiger partial charge in [0.2, 0.25) is 5.91 Å². The molecule has 1 aromatic heterocycles. The zero-order chi connectivity index (χ0) is 18.5. The van der Waals surface area contributed by atoms with E-state index < -0.39 is 5.97 Å². The number of anilines is 1. The molecule has 6 nitrogen and oxygen atoms in total. The van der Waals surface area contributed by atoms with Crippen molar-refractivity contribution in [3.05, 3.63) is 52.2 Å². The maximum absolute atomic E-state index is 12.6. The van der Waals surface area contributed by atoms with Crippen LogP contribution in [0.15, 0.2) is 42.5 Å². The molecular weight excluding hydrogens is 352 g/mol. The van der Waals surface area contributed by atoms with Gasteiger partial charge < -0.3 is 15.0 Å². The highest BCUT2D eigenvalue weighted by Crippen LogP contribution is 2.24. The molecule has 1 N–H and O–H groups in total. The van der Waals surface area contributed by atoms with E-state index >= 15 is 0 Å². The summed E-state index contributed by atoms with van der Waals surface area (Å²) in [7, 11) is 1.31. The minimum atomic E-state index is -0.439. The lowest BCUT2D eigenvalue weighted by Crippen LogP contribution is -2.41. The molecular formula is C19H20N2O4S. The van der Waals surface area contributed by atoms with E-state index in [0.717, 1.165) is 17.0 Å². The summed E-state index contributed by atoms with van der Waals surface area (Å²) < 4.78 is 4.67. The number of likely N-dealkylation sites (tertiary alicyclic amines) is 1. The average molecular weight is 372 g/mol. The Morgan fingerprint density at radius 1 is 1.04 bits per heavy atom. The van der Waals surface area contributed by atoms with Gasteiger partial charge in [-0.25, -0.2) is 4.79 Å². The third-order valence-electron chi connectivity index (χ3n) is 4.40. The smallest absolute Gasteiger partial charge is 0.348 e. The van der Waals surface area contributed by atoms with Crippen molar-refractivity contribution in [1.29, 1.82) is 0 Å². The van der Waals surface area contributed by atoms with Gasteiger partial charge in [0, 0.05) is 24.7 Å². The molecule has 1 aliphatic heterocycles. The number of benzene rings is 1. The highest BCUT2D eigenvalue weighted by Gasteiger charge is 2.28. The van der Waals surface area contributed by atoms with Crippen molar-refractivity contribution >= 4 is 34.8 Å². The molecule has 0 saturated carbocycles. The third-order valence-corrected chi connectivity index (χ3v) is 5.45. The molecule has 0 aliphatic carbocycles. The van der Waals surface area contributed by atoms with Crippen molar-refractivity contribution in [1.82, 2.24) is 4.90 Å². The molecule has 2 aromatic rings. The Balaban J connectivity index is 1.54. The molecule has 0 spiro atoms. The van der Waals surface area contributed by atoms with E-state index in [9.17, 15) is 14.4 Å². The quantitative estimate of drug-likeness (QED) is 0.837. The third kappa shape index (κ3) is 4.11. The van der Waals surface area contributed by atoms with E-state index in [2.05, 4.69) is 10.1 Å². The Labute approximate surface area is 155 Å². The first-order valence-electron chi connectivity index (χ1n) is 8.42. The number of para-hydroxylation sites is 1. The number of thiophene rings is 1. The predicted octanol–water partition coefficient (Wildman–Crippen LogP) is 3.03. The summed E-state index contributed by atoms with van der Waals surface area (Å²) >= 11 is 1.13. The predicted molar refractivity (Wildman–Crippen MR) is 99.4 cm³/mol. The van der Waals surface area contributed by atoms with Crippen LogP contribution in [0.1, 0.15) is 32.2 Å². The van der Waals surface area contributed by atoms with Crippen LogP contribution in [0, 0.1) is 5.92 Å². The van der Waals surface area contributed by atoms with E-state index in [1.54, 1.807) is 17.0 Å². The molecule has 0 unspecified atom stereocenters. The van der Waals surface area contributed by atoms with E-state index in [4.69, 9.17) is 0 Å². The van der Waals surface area contributed by atoms with Crippen molar-refractivity contribution in [2.75, 3.05) is 25.5 Å². The number of carbonyl (C=O) groups is 3. The summed E-state index contributed by atoms with van der Waals surface area (Å²) in [5.41, 5.74) is 0.782. The fourth-order valence-corrected chi connectivity index (χ4v) is 3.82. The number of hydrogen-bond donors (Lipinski definition) is 1. The molecule has 2 heterocycles. The van der Waals surface area contributed by atoms with Crippen LogP contribution in [0.3, 0.4) is 0 Å². The monoisotopic (exact) mass is 372 g/mol. The fraction of sp³-hybridized carbons (Fsp3) is 0.316. The molecule has 26 heavy (non-hydrogen) atoms. The molecule has 1 aliphatic rings. The number of methoxy groups -OCH3 is 1. The summed E-state index contributed by atoms with van der Waals surface area (Å²) in [5.74, 6) is -0.655. The second-order valence-corrected chi connectivity index (χ2v) is 7.16. The molecule has 0 atom stereocenters. The van der Waals surface area contributed by atoms with E-state index in [1.165, 1.54) is 7.11 Å². The second-order valence-electron chi connectivity index (χ2n) is 6.08. The molecule has 1 aromatic carbocycles. The van der Waals surface area contributed by atoms with Crippen LogP contribution < -0.4 is 5.32 Å². The zero-order valence-corrected chi connectivity index (χ0v) is 15.3. The van der Waals surface area contributed by atoms with Gasteiger partial charge in [0.25, 0.3) is 5.91 Å². The number of rotatable bonds is 4. The number of piperidine rings is 1. The minimum absolute atomic E-state index is 0.00704. The first kappa shape index (κ1) is 18.1. The average Bonchev–Trinajstić information content (AvgIpc) is 3.18. The number of esters is 1. The highest BCUT2D eigenvalue weighted by atomic mass is 32.1. The van der Waals surface area contributed by atoms with Crippen molar-refractivity contribution in [2.24, 2.45) is 5.92 Å². The Morgan fingerprint density at radius 2 is 1.69 bits per heavy atom. The number of nitrogens with one attached hydrogen (secondary N) is 1. The van der Waals surface area contributed by atoms with Crippen LogP contribution >= 0.6 is 11.3 Å². The van der Waals surface area contributed by atoms with Crippen molar-refractivity contribution in [2.45, 2.75) is 12.8 Å². The van der Waals surface area contributed by atoms with Crippen LogP contribution in [0.4, 0.5) is 5.69 Å². The topological polar surface area (TPSA) is 75.7 Å². The Bertz CT molecular complexity index is 795. The largest absolute Gasteiger partial charge is 0.465 e. The van der Waals surface area contributed by atoms with Crippen LogP contribution in [0.5, 0.6) is 0 Å². The lowest BCUT2D eigenvalue weighted by atomic mass is 9.95. The zero-order valence-electron chi connectivity index (χ0n) is 14.4. The van der Waals surface area contributed by atoms with Crippen molar-refractivity contribution in [3.8, 4) is 0 Å². The van der Waals surface area contributed by atoms with E-state index in [0.29, 0.717) is 35.7 Å². The fourth-order valence-electron chi connectivity index (χ4n) is 2.93. The minimum Gasteiger partial charge on any atom is -0.465 e. The second kappa shape index (κ2) is 8.14. The SMILES string of the molecule is COC(=O)c1ccc(C(=O)N2CCC(C(=O)Nc3ccccc3)CC2)s1. The van der Waals surface area contributed by atoms with Crippen LogP contribution in [-0.4, -0.2) is 42.9 Å². The van der Waals surface area contributed by atoms with Gasteiger partial charge in [-0.05, 0) is 37.1 Å². The van der Waals surface area contributed by atoms with Crippen LogP contribution in [-0.2, 0) is 9.53 Å². The first-order valence-corrected chi connectivity index (χ1v) is 9.23. The van der Waals surface area contributed by atoms with Crippen LogP contribution in [0.2, 0.25) is 0 Å². The maximum atomic E-state index is 12.6. The summed E-state index contributed by atoms with van der Waals surface area (Å²) in [4.78, 5) is 39.1. The number of ether oxygens (including phenoxy) is 1. The standard InChI is InChI=1S/C19H20N2O4S/c1-25-19(24)16-8-7-15(26-16)18(23)21-11-9-13(10-12-21)17(22)20-14-5-3-2-4-6-14/h2-8,13H,9-12H2,1H3,(H,20,22). The Hall–Kier alpha value is -2.67. The highest BCUT2D eigenvalue weighted by molar-refractivity contribution is 7.15. The number of carbonyl (C=O) groups excluding carboxylic acids is 3. The summed E-state index contributed by atoms with van der Waals surface area (Å²) in [6, 6.07) is 12.6. The van der Waals surface area contributed by atoms with Crippen molar-refractivity contribution in [3.63, 3.8) is 0 Å². The van der Waals surface area contributed by atoms with E-state index in [1.807, 2.05) is 30.3 Å². The van der Waals surface area contributed by atoms with Gasteiger partial charge in [-0.2, -0.15) is 0 Å². The number of amides is 2. The van der Waals surface area contributed by atoms with Gasteiger partial charge in [-0.3, -0.25) is 9.59 Å². The Morgan fingerprint density at radius 3 is 2.35 bits per heavy atom. The molecule has 1 saturated heterocycles. The van der Waals surface area contributed by atoms with Gasteiger partial charge in [0.1, 0.15) is 4.88 Å². The van der Waals surface area contributed by atoms with Crippen LogP contribution in [0.25, 0.3) is 0 Å². The lowest BCUT2D eigenvalue weighted by Gasteiger charge is -2.31. The maximum Gasteiger partial charge on any atom is 0.348 e. The molecule has 136 valence electrons. The molecule has 0 radical (unpaired) electrons. The van der Waals surface area contributed by atoms with Gasteiger partial charge in [-0.1, -0.05) is 18.2 Å². The molecule has 1 fully saturated rings. The molecule has 7 heteroatoms. The number of hydrogen-bond acceptors (Lipinski definition) is 5. The summed E-state index contributed by atoms with van der Waals surface area (Å²) in [6.45, 7) is 1.05. The molecule has 2 amide bonds. The first-order chi connectivity index (χ1) is 12.6. The number of nitrogens with zero attached hydrogens (tertiary/aromatic N) is 1. The molecule has 0 bridgehead atoms. The normalized spacial score (nSPS) is 14.7. The Kier molecular flexibility index (Phi) is 5.68. The van der Waals surface area contributed by atoms with Gasteiger partial charge >= 0.3 is 5.97 Å².